The highest BCUT2D eigenvalue weighted by Crippen LogP contribution is 2.39. The number of allylic oxidation sites excluding steroid dienone is 4. The second-order valence-corrected chi connectivity index (χ2v) is 16.8. The quantitative estimate of drug-likeness (QED) is 0.0230. The lowest BCUT2D eigenvalue weighted by molar-refractivity contribution is 0.249. The van der Waals surface area contributed by atoms with E-state index in [1.54, 1.807) is 36.4 Å². The molecule has 0 saturated heterocycles. The number of nitrogens with two attached hydrogens (primary N) is 1. The highest BCUT2D eigenvalue weighted by Gasteiger charge is 2.24. The van der Waals surface area contributed by atoms with Crippen molar-refractivity contribution in [3.05, 3.63) is 111 Å². The van der Waals surface area contributed by atoms with Crippen molar-refractivity contribution >= 4 is 48.9 Å². The molecule has 16 heteroatoms. The van der Waals surface area contributed by atoms with E-state index >= 15 is 0 Å². The Hall–Kier alpha value is -5.39. The molecule has 5 rings (SSSR count). The average molecular weight is 864 g/mol. The van der Waals surface area contributed by atoms with E-state index in [1.165, 1.54) is 24.3 Å². The lowest BCUT2D eigenvalue weighted by Crippen LogP contribution is -2.12. The molecule has 0 fully saturated rings. The highest BCUT2D eigenvalue weighted by atomic mass is 32.2. The number of ether oxygens (including phenoxy) is 4. The van der Waals surface area contributed by atoms with E-state index in [0.717, 1.165) is 11.1 Å². The Morgan fingerprint density at radius 2 is 1.22 bits per heavy atom. The number of nitrogens with one attached hydrogen (secondary N) is 1. The summed E-state index contributed by atoms with van der Waals surface area (Å²) in [6, 6.07) is 15.6. The number of anilines is 1. The fourth-order valence-corrected chi connectivity index (χ4v) is 7.17. The topological polar surface area (TPSA) is 220 Å². The Balaban J connectivity index is 1.36. The van der Waals surface area contributed by atoms with Crippen LogP contribution in [-0.4, -0.2) is 53.8 Å². The maximum absolute atomic E-state index is 14.5. The fraction of sp³-hybridized carbons (Fsp3) is 0.341. The van der Waals surface area contributed by atoms with Crippen LogP contribution in [0, 0.1) is 0 Å². The SMILES string of the molecule is CC(C)=CCc1c(OCCCCOc2ccc(S(N)(=O)=O)cc2)cc2oc3cc(OCCCCOc4ccc(NS(=O)[O-])cc4)c(CO)c(CC=C(C)C)c3c(=O)c2c1O. The van der Waals surface area contributed by atoms with Gasteiger partial charge in [0.1, 0.15) is 45.3 Å². The first-order chi connectivity index (χ1) is 28.7. The number of rotatable bonds is 22. The van der Waals surface area contributed by atoms with Crippen LogP contribution in [0.5, 0.6) is 28.7 Å². The summed E-state index contributed by atoms with van der Waals surface area (Å²) >= 11 is -2.41. The number of hydrogen-bond acceptors (Lipinski definition) is 12. The molecule has 4 aromatic carbocycles. The highest BCUT2D eigenvalue weighted by molar-refractivity contribution is 7.89. The summed E-state index contributed by atoms with van der Waals surface area (Å²) in [7, 11) is -3.80. The van der Waals surface area contributed by atoms with E-state index in [0.29, 0.717) is 97.1 Å². The van der Waals surface area contributed by atoms with Gasteiger partial charge in [0.2, 0.25) is 15.5 Å². The Morgan fingerprint density at radius 3 is 1.70 bits per heavy atom. The van der Waals surface area contributed by atoms with Gasteiger partial charge in [0.25, 0.3) is 0 Å². The molecule has 5 aromatic rings. The number of aliphatic hydroxyl groups excluding tert-OH is 1. The summed E-state index contributed by atoms with van der Waals surface area (Å²) < 4.78 is 77.4. The van der Waals surface area contributed by atoms with Crippen LogP contribution >= 0.6 is 0 Å². The van der Waals surface area contributed by atoms with Crippen LogP contribution in [0.3, 0.4) is 0 Å². The van der Waals surface area contributed by atoms with Crippen molar-refractivity contribution in [2.45, 2.75) is 77.7 Å². The number of aliphatic hydroxyl groups is 1. The first-order valence-electron chi connectivity index (χ1n) is 19.4. The van der Waals surface area contributed by atoms with Gasteiger partial charge in [0.15, 0.2) is 0 Å². The number of phenols is 1. The number of benzene rings is 4. The molecule has 0 spiro atoms. The van der Waals surface area contributed by atoms with Crippen molar-refractivity contribution in [3.8, 4) is 28.7 Å². The second-order valence-electron chi connectivity index (χ2n) is 14.5. The molecule has 0 aliphatic heterocycles. The molecule has 60 heavy (non-hydrogen) atoms. The summed E-state index contributed by atoms with van der Waals surface area (Å²) in [6.45, 7) is 8.63. The van der Waals surface area contributed by atoms with Crippen LogP contribution in [0.15, 0.2) is 98.1 Å². The zero-order valence-corrected chi connectivity index (χ0v) is 35.7. The summed E-state index contributed by atoms with van der Waals surface area (Å²) in [5, 5.41) is 27.8. The van der Waals surface area contributed by atoms with Gasteiger partial charge in [-0.15, -0.1) is 0 Å². The summed E-state index contributed by atoms with van der Waals surface area (Å²) in [4.78, 5) is 14.5. The molecule has 0 saturated carbocycles. The molecule has 1 unspecified atom stereocenters. The number of primary sulfonamides is 1. The van der Waals surface area contributed by atoms with Gasteiger partial charge < -0.3 is 42.9 Å². The van der Waals surface area contributed by atoms with Crippen molar-refractivity contribution in [2.24, 2.45) is 5.14 Å². The largest absolute Gasteiger partial charge is 0.755 e. The van der Waals surface area contributed by atoms with Gasteiger partial charge in [0.05, 0.1) is 43.3 Å². The van der Waals surface area contributed by atoms with Crippen LogP contribution in [0.2, 0.25) is 0 Å². The van der Waals surface area contributed by atoms with Crippen LogP contribution in [-0.2, 0) is 40.7 Å². The third-order valence-electron chi connectivity index (χ3n) is 9.40. The van der Waals surface area contributed by atoms with E-state index in [-0.39, 0.29) is 45.8 Å². The third kappa shape index (κ3) is 12.3. The van der Waals surface area contributed by atoms with Gasteiger partial charge >= 0.3 is 0 Å². The molecule has 0 aliphatic rings. The van der Waals surface area contributed by atoms with Crippen LogP contribution < -0.4 is 34.2 Å². The minimum absolute atomic E-state index is 0.00348. The van der Waals surface area contributed by atoms with Crippen molar-refractivity contribution in [3.63, 3.8) is 0 Å². The minimum Gasteiger partial charge on any atom is -0.755 e. The van der Waals surface area contributed by atoms with Crippen molar-refractivity contribution in [1.82, 2.24) is 0 Å². The smallest absolute Gasteiger partial charge is 0.238 e. The first-order valence-corrected chi connectivity index (χ1v) is 22.1. The number of fused-ring (bicyclic) bond motifs is 2. The molecular weight excluding hydrogens is 813 g/mol. The van der Waals surface area contributed by atoms with E-state index < -0.39 is 33.3 Å². The Bertz CT molecular complexity index is 2520. The van der Waals surface area contributed by atoms with Gasteiger partial charge in [-0.25, -0.2) is 13.6 Å². The summed E-state index contributed by atoms with van der Waals surface area (Å²) in [5.41, 5.74) is 3.79. The Morgan fingerprint density at radius 1 is 0.750 bits per heavy atom. The Labute approximate surface area is 352 Å². The second kappa shape index (κ2) is 21.2. The fourth-order valence-electron chi connectivity index (χ4n) is 6.32. The Kier molecular flexibility index (Phi) is 16.2. The van der Waals surface area contributed by atoms with Gasteiger partial charge in [-0.2, -0.15) is 0 Å². The molecule has 1 heterocycles. The van der Waals surface area contributed by atoms with E-state index in [9.17, 15) is 32.2 Å². The van der Waals surface area contributed by atoms with Crippen molar-refractivity contribution in [1.29, 1.82) is 0 Å². The van der Waals surface area contributed by atoms with E-state index in [4.69, 9.17) is 28.5 Å². The third-order valence-corrected chi connectivity index (χ3v) is 10.7. The molecule has 0 radical (unpaired) electrons. The predicted molar refractivity (Wildman–Crippen MR) is 231 cm³/mol. The molecular formula is C44H51N2O12S2-. The molecule has 14 nitrogen and oxygen atoms in total. The van der Waals surface area contributed by atoms with Gasteiger partial charge in [0, 0.05) is 40.2 Å². The molecule has 1 aromatic heterocycles. The van der Waals surface area contributed by atoms with Gasteiger partial charge in [-0.05, 0) is 120 Å². The molecule has 322 valence electrons. The molecule has 0 aliphatic carbocycles. The van der Waals surface area contributed by atoms with Gasteiger partial charge in [-0.1, -0.05) is 23.3 Å². The molecule has 5 N–H and O–H groups in total. The number of aromatic hydroxyl groups is 1. The van der Waals surface area contributed by atoms with E-state index in [2.05, 4.69) is 4.72 Å². The van der Waals surface area contributed by atoms with E-state index in [1.807, 2.05) is 39.8 Å². The molecule has 0 amide bonds. The maximum atomic E-state index is 14.5. The molecule has 0 bridgehead atoms. The maximum Gasteiger partial charge on any atom is 0.238 e. The lowest BCUT2D eigenvalue weighted by Gasteiger charge is -2.18. The van der Waals surface area contributed by atoms with Gasteiger partial charge in [-0.3, -0.25) is 9.00 Å². The monoisotopic (exact) mass is 863 g/mol. The average Bonchev–Trinajstić information content (AvgIpc) is 3.19. The predicted octanol–water partition coefficient (Wildman–Crippen LogP) is 7.49. The number of sulfonamides is 1. The minimum atomic E-state index is -3.80. The standard InChI is InChI=1S/C44H52N2O12S2/c1-28(2)9-19-34-36(27-47)38(57-24-8-6-21-54-31-13-11-30(12-14-31)46-59(50)51)26-39-41(34)44(49)42-40(58-39)25-37(35(43(42)48)20-10-29(3)4)56-23-7-5-22-55-32-15-17-33(18-16-32)60(45,52)53/h9-18,25-26,46-48H,5-8,19-24,27H2,1-4H3,(H,50,51)(H2,45,52,53)/p-1. The van der Waals surface area contributed by atoms with Crippen LogP contribution in [0.4, 0.5) is 5.69 Å². The normalized spacial score (nSPS) is 11.9. The van der Waals surface area contributed by atoms with Crippen molar-refractivity contribution < 1.29 is 50.8 Å². The number of phenolic OH excluding ortho intramolecular Hbond substituents is 1. The summed E-state index contributed by atoms with van der Waals surface area (Å²) in [6.07, 6.45) is 6.93. The number of hydrogen-bond donors (Lipinski definition) is 4. The van der Waals surface area contributed by atoms with Crippen LogP contribution in [0.1, 0.15) is 70.1 Å². The number of unbranched alkanes of at least 4 members (excludes halogenated alkanes) is 2. The summed E-state index contributed by atoms with van der Waals surface area (Å²) in [5.74, 6) is 1.58. The lowest BCUT2D eigenvalue weighted by atomic mass is 9.95. The molecule has 1 atom stereocenters. The van der Waals surface area contributed by atoms with Crippen LogP contribution in [0.25, 0.3) is 21.9 Å². The van der Waals surface area contributed by atoms with Crippen molar-refractivity contribution in [2.75, 3.05) is 31.1 Å². The zero-order valence-electron chi connectivity index (χ0n) is 34.1. The first kappa shape index (κ1) is 45.7. The zero-order chi connectivity index (χ0) is 43.4.